The van der Waals surface area contributed by atoms with E-state index in [1.807, 2.05) is 5.38 Å². The summed E-state index contributed by atoms with van der Waals surface area (Å²) in [6, 6.07) is 7.46. The fourth-order valence-electron chi connectivity index (χ4n) is 1.69. The van der Waals surface area contributed by atoms with Crippen LogP contribution in [-0.2, 0) is 16.6 Å². The normalized spacial score (nSPS) is 11.3. The maximum absolute atomic E-state index is 12.3. The minimum Gasteiger partial charge on any atom is -0.388 e. The molecule has 9 heteroatoms. The lowest BCUT2D eigenvalue weighted by Gasteiger charge is -2.08. The second-order valence-corrected chi connectivity index (χ2v) is 6.86. The standard InChI is InChI=1S/C12H13N3O4S2/c1-13-9-4-5-11(15(16)17)12(7-9)21(18,19)14-8-10-3-2-6-20-10/h2-7,13-14H,8H2,1H3. The second kappa shape index (κ2) is 6.20. The van der Waals surface area contributed by atoms with E-state index in [4.69, 9.17) is 0 Å². The van der Waals surface area contributed by atoms with E-state index >= 15 is 0 Å². The average molecular weight is 327 g/mol. The average Bonchev–Trinajstić information content (AvgIpc) is 2.98. The Morgan fingerprint density at radius 2 is 2.10 bits per heavy atom. The van der Waals surface area contributed by atoms with Crippen LogP contribution in [0.1, 0.15) is 4.88 Å². The van der Waals surface area contributed by atoms with E-state index in [-0.39, 0.29) is 11.4 Å². The number of hydrogen-bond acceptors (Lipinski definition) is 6. The maximum Gasteiger partial charge on any atom is 0.289 e. The highest BCUT2D eigenvalue weighted by Gasteiger charge is 2.26. The molecule has 2 N–H and O–H groups in total. The molecule has 0 saturated carbocycles. The summed E-state index contributed by atoms with van der Waals surface area (Å²) < 4.78 is 26.9. The van der Waals surface area contributed by atoms with Gasteiger partial charge in [-0.25, -0.2) is 13.1 Å². The Balaban J connectivity index is 2.35. The first-order chi connectivity index (χ1) is 9.94. The van der Waals surface area contributed by atoms with Gasteiger partial charge in [0.2, 0.25) is 10.0 Å². The molecule has 0 radical (unpaired) electrons. The highest BCUT2D eigenvalue weighted by Crippen LogP contribution is 2.27. The monoisotopic (exact) mass is 327 g/mol. The number of nitro benzene ring substituents is 1. The molecular formula is C12H13N3O4S2. The van der Waals surface area contributed by atoms with Gasteiger partial charge in [0.1, 0.15) is 0 Å². The van der Waals surface area contributed by atoms with Gasteiger partial charge in [0.15, 0.2) is 4.90 Å². The van der Waals surface area contributed by atoms with Crippen LogP contribution < -0.4 is 10.0 Å². The molecule has 0 atom stereocenters. The quantitative estimate of drug-likeness (QED) is 0.625. The van der Waals surface area contributed by atoms with Crippen molar-refractivity contribution in [3.05, 3.63) is 50.7 Å². The van der Waals surface area contributed by atoms with Gasteiger partial charge in [0.25, 0.3) is 5.69 Å². The predicted molar refractivity (Wildman–Crippen MR) is 81.0 cm³/mol. The highest BCUT2D eigenvalue weighted by molar-refractivity contribution is 7.89. The fourth-order valence-corrected chi connectivity index (χ4v) is 3.63. The number of benzene rings is 1. The van der Waals surface area contributed by atoms with Gasteiger partial charge < -0.3 is 5.32 Å². The molecule has 21 heavy (non-hydrogen) atoms. The fraction of sp³-hybridized carbons (Fsp3) is 0.167. The topological polar surface area (TPSA) is 101 Å². The summed E-state index contributed by atoms with van der Waals surface area (Å²) in [6.07, 6.45) is 0. The number of thiophene rings is 1. The number of sulfonamides is 1. The summed E-state index contributed by atoms with van der Waals surface area (Å²) in [4.78, 5) is 10.8. The van der Waals surface area contributed by atoms with Crippen molar-refractivity contribution >= 4 is 32.7 Å². The first kappa shape index (κ1) is 15.4. The number of nitrogens with one attached hydrogen (secondary N) is 2. The molecular weight excluding hydrogens is 314 g/mol. The van der Waals surface area contributed by atoms with E-state index in [2.05, 4.69) is 10.0 Å². The molecule has 0 aliphatic carbocycles. The minimum atomic E-state index is -3.97. The van der Waals surface area contributed by atoms with E-state index in [9.17, 15) is 18.5 Å². The van der Waals surface area contributed by atoms with Crippen molar-refractivity contribution in [1.29, 1.82) is 0 Å². The molecule has 0 spiro atoms. The molecule has 0 aliphatic heterocycles. The first-order valence-corrected chi connectivity index (χ1v) is 8.28. The van der Waals surface area contributed by atoms with Crippen molar-refractivity contribution in [3.8, 4) is 0 Å². The summed E-state index contributed by atoms with van der Waals surface area (Å²) in [7, 11) is -2.36. The Morgan fingerprint density at radius 3 is 2.67 bits per heavy atom. The van der Waals surface area contributed by atoms with E-state index in [1.165, 1.54) is 29.5 Å². The lowest BCUT2D eigenvalue weighted by molar-refractivity contribution is -0.387. The third-order valence-corrected chi connectivity index (χ3v) is 5.06. The predicted octanol–water partition coefficient (Wildman–Crippen LogP) is 2.18. The number of nitro groups is 1. The van der Waals surface area contributed by atoms with E-state index in [0.717, 1.165) is 4.88 Å². The van der Waals surface area contributed by atoms with Crippen molar-refractivity contribution in [2.75, 3.05) is 12.4 Å². The molecule has 0 bridgehead atoms. The van der Waals surface area contributed by atoms with Gasteiger partial charge in [-0.1, -0.05) is 6.07 Å². The molecule has 0 unspecified atom stereocenters. The van der Waals surface area contributed by atoms with Gasteiger partial charge in [-0.2, -0.15) is 0 Å². The summed E-state index contributed by atoms with van der Waals surface area (Å²) in [5.74, 6) is 0. The molecule has 2 rings (SSSR count). The molecule has 1 aromatic heterocycles. The van der Waals surface area contributed by atoms with Crippen LogP contribution in [0.15, 0.2) is 40.6 Å². The number of rotatable bonds is 6. The summed E-state index contributed by atoms with van der Waals surface area (Å²) >= 11 is 1.40. The lowest BCUT2D eigenvalue weighted by atomic mass is 10.3. The van der Waals surface area contributed by atoms with Gasteiger partial charge in [0.05, 0.1) is 4.92 Å². The largest absolute Gasteiger partial charge is 0.388 e. The van der Waals surface area contributed by atoms with Crippen molar-refractivity contribution in [3.63, 3.8) is 0 Å². The van der Waals surface area contributed by atoms with Crippen molar-refractivity contribution in [1.82, 2.24) is 4.72 Å². The Kier molecular flexibility index (Phi) is 4.56. The second-order valence-electron chi connectivity index (χ2n) is 4.09. The Hall–Kier alpha value is -1.97. The van der Waals surface area contributed by atoms with Crippen LogP contribution in [0.25, 0.3) is 0 Å². The van der Waals surface area contributed by atoms with Crippen LogP contribution in [0.5, 0.6) is 0 Å². The van der Waals surface area contributed by atoms with Crippen LogP contribution in [0, 0.1) is 10.1 Å². The Labute approximate surface area is 125 Å². The molecule has 0 fully saturated rings. The van der Waals surface area contributed by atoms with E-state index < -0.39 is 20.6 Å². The summed E-state index contributed by atoms with van der Waals surface area (Å²) in [6.45, 7) is 0.0982. The van der Waals surface area contributed by atoms with Crippen LogP contribution in [0.2, 0.25) is 0 Å². The highest BCUT2D eigenvalue weighted by atomic mass is 32.2. The molecule has 1 aromatic carbocycles. The third-order valence-electron chi connectivity index (χ3n) is 2.75. The van der Waals surface area contributed by atoms with E-state index in [1.54, 1.807) is 19.2 Å². The minimum absolute atomic E-state index is 0.0982. The first-order valence-electron chi connectivity index (χ1n) is 5.92. The molecule has 1 heterocycles. The molecule has 112 valence electrons. The van der Waals surface area contributed by atoms with Gasteiger partial charge in [-0.05, 0) is 23.6 Å². The molecule has 0 aliphatic rings. The lowest BCUT2D eigenvalue weighted by Crippen LogP contribution is -2.23. The zero-order valence-corrected chi connectivity index (χ0v) is 12.7. The smallest absolute Gasteiger partial charge is 0.289 e. The Morgan fingerprint density at radius 1 is 1.33 bits per heavy atom. The third kappa shape index (κ3) is 3.57. The van der Waals surface area contributed by atoms with Gasteiger partial charge in [0, 0.05) is 30.2 Å². The number of nitrogens with zero attached hydrogens (tertiary/aromatic N) is 1. The van der Waals surface area contributed by atoms with Gasteiger partial charge in [-0.3, -0.25) is 10.1 Å². The zero-order valence-electron chi connectivity index (χ0n) is 11.1. The van der Waals surface area contributed by atoms with Crippen LogP contribution in [0.4, 0.5) is 11.4 Å². The SMILES string of the molecule is CNc1ccc([N+](=O)[O-])c(S(=O)(=O)NCc2cccs2)c1. The van der Waals surface area contributed by atoms with Crippen molar-refractivity contribution < 1.29 is 13.3 Å². The number of hydrogen-bond donors (Lipinski definition) is 2. The van der Waals surface area contributed by atoms with Gasteiger partial charge in [-0.15, -0.1) is 11.3 Å². The summed E-state index contributed by atoms with van der Waals surface area (Å²) in [5, 5.41) is 15.6. The molecule has 7 nitrogen and oxygen atoms in total. The molecule has 0 saturated heterocycles. The summed E-state index contributed by atoms with van der Waals surface area (Å²) in [5.41, 5.74) is 0.0322. The van der Waals surface area contributed by atoms with Crippen molar-refractivity contribution in [2.45, 2.75) is 11.4 Å². The van der Waals surface area contributed by atoms with Gasteiger partial charge >= 0.3 is 0 Å². The maximum atomic E-state index is 12.3. The van der Waals surface area contributed by atoms with Crippen molar-refractivity contribution in [2.24, 2.45) is 0 Å². The number of anilines is 1. The van der Waals surface area contributed by atoms with Crippen LogP contribution in [-0.4, -0.2) is 20.4 Å². The zero-order chi connectivity index (χ0) is 15.5. The van der Waals surface area contributed by atoms with Crippen LogP contribution >= 0.6 is 11.3 Å². The molecule has 0 amide bonds. The van der Waals surface area contributed by atoms with E-state index in [0.29, 0.717) is 5.69 Å². The molecule has 2 aromatic rings. The Bertz CT molecular complexity index is 742. The van der Waals surface area contributed by atoms with Crippen LogP contribution in [0.3, 0.4) is 0 Å².